The summed E-state index contributed by atoms with van der Waals surface area (Å²) in [6.07, 6.45) is 6.18. The molecule has 2 nitrogen and oxygen atoms in total. The summed E-state index contributed by atoms with van der Waals surface area (Å²) in [7, 11) is 0. The van der Waals surface area contributed by atoms with Gasteiger partial charge in [-0.25, -0.2) is 0 Å². The fourth-order valence-corrected chi connectivity index (χ4v) is 5.28. The Morgan fingerprint density at radius 1 is 1.05 bits per heavy atom. The van der Waals surface area contributed by atoms with Crippen molar-refractivity contribution in [2.24, 2.45) is 28.6 Å². The van der Waals surface area contributed by atoms with Crippen LogP contribution in [0.4, 0.5) is 0 Å². The Labute approximate surface area is 117 Å². The van der Waals surface area contributed by atoms with Gasteiger partial charge in [-0.1, -0.05) is 13.8 Å². The lowest BCUT2D eigenvalue weighted by molar-refractivity contribution is -0.210. The first-order chi connectivity index (χ1) is 8.64. The Morgan fingerprint density at radius 3 is 2.05 bits per heavy atom. The van der Waals surface area contributed by atoms with E-state index in [0.29, 0.717) is 0 Å². The molecule has 0 saturated heterocycles. The highest BCUT2D eigenvalue weighted by atomic mass is 16.6. The highest BCUT2D eigenvalue weighted by Crippen LogP contribution is 2.68. The standard InChI is InChI=1S/C17H28O2/c1-15(2,3)19-14(18)17-9-11-6-12(10-17)8-13(7-11)16(17,4)5/h11-13H,6-10H2,1-5H3. The quantitative estimate of drug-likeness (QED) is 0.664. The summed E-state index contributed by atoms with van der Waals surface area (Å²) < 4.78 is 5.82. The predicted molar refractivity (Wildman–Crippen MR) is 75.6 cm³/mol. The van der Waals surface area contributed by atoms with Crippen LogP contribution in [0, 0.1) is 28.6 Å². The lowest BCUT2D eigenvalue weighted by Gasteiger charge is -2.64. The fraction of sp³-hybridized carbons (Fsp3) is 0.941. The maximum Gasteiger partial charge on any atom is 0.313 e. The van der Waals surface area contributed by atoms with Crippen LogP contribution in [0.25, 0.3) is 0 Å². The van der Waals surface area contributed by atoms with Crippen molar-refractivity contribution in [1.29, 1.82) is 0 Å². The van der Waals surface area contributed by atoms with Crippen molar-refractivity contribution in [2.45, 2.75) is 72.3 Å². The molecule has 0 aromatic heterocycles. The minimum Gasteiger partial charge on any atom is -0.460 e. The smallest absolute Gasteiger partial charge is 0.313 e. The van der Waals surface area contributed by atoms with E-state index in [-0.39, 0.29) is 22.4 Å². The highest BCUT2D eigenvalue weighted by Gasteiger charge is 2.65. The van der Waals surface area contributed by atoms with Gasteiger partial charge in [0, 0.05) is 0 Å². The third-order valence-corrected chi connectivity index (χ3v) is 6.22. The summed E-state index contributed by atoms with van der Waals surface area (Å²) in [4.78, 5) is 12.9. The number of hydrogen-bond donors (Lipinski definition) is 0. The summed E-state index contributed by atoms with van der Waals surface area (Å²) in [5, 5.41) is 0. The Kier molecular flexibility index (Phi) is 2.67. The molecule has 4 rings (SSSR count). The van der Waals surface area contributed by atoms with Crippen LogP contribution in [0.15, 0.2) is 0 Å². The van der Waals surface area contributed by atoms with E-state index < -0.39 is 0 Å². The maximum absolute atomic E-state index is 12.9. The summed E-state index contributed by atoms with van der Waals surface area (Å²) in [6, 6.07) is 0. The molecule has 4 saturated carbocycles. The molecule has 4 fully saturated rings. The number of esters is 1. The number of carbonyl (C=O) groups excluding carboxylic acids is 1. The molecule has 0 heterocycles. The van der Waals surface area contributed by atoms with E-state index in [2.05, 4.69) is 13.8 Å². The molecule has 0 aliphatic heterocycles. The first-order valence-electron chi connectivity index (χ1n) is 7.87. The molecule has 19 heavy (non-hydrogen) atoms. The van der Waals surface area contributed by atoms with Crippen LogP contribution in [0.1, 0.15) is 66.7 Å². The molecular weight excluding hydrogens is 236 g/mol. The summed E-state index contributed by atoms with van der Waals surface area (Å²) in [6.45, 7) is 10.6. The normalized spacial score (nSPS) is 43.3. The molecule has 0 aromatic carbocycles. The van der Waals surface area contributed by atoms with Crippen molar-refractivity contribution >= 4 is 5.97 Å². The van der Waals surface area contributed by atoms with Gasteiger partial charge in [-0.15, -0.1) is 0 Å². The van der Waals surface area contributed by atoms with Gasteiger partial charge in [0.1, 0.15) is 5.60 Å². The molecule has 0 amide bonds. The second-order valence-corrected chi connectivity index (χ2v) is 8.85. The average molecular weight is 264 g/mol. The van der Waals surface area contributed by atoms with Gasteiger partial charge >= 0.3 is 5.97 Å². The minimum absolute atomic E-state index is 0.0871. The van der Waals surface area contributed by atoms with Crippen LogP contribution >= 0.6 is 0 Å². The third kappa shape index (κ3) is 1.86. The van der Waals surface area contributed by atoms with Gasteiger partial charge in [0.2, 0.25) is 0 Å². The molecule has 0 radical (unpaired) electrons. The number of rotatable bonds is 1. The van der Waals surface area contributed by atoms with Crippen LogP contribution in [0.5, 0.6) is 0 Å². The second-order valence-electron chi connectivity index (χ2n) is 8.85. The Balaban J connectivity index is 1.94. The van der Waals surface area contributed by atoms with E-state index in [1.165, 1.54) is 19.3 Å². The van der Waals surface area contributed by atoms with Gasteiger partial charge in [-0.3, -0.25) is 4.79 Å². The Morgan fingerprint density at radius 2 is 1.58 bits per heavy atom. The zero-order chi connectivity index (χ0) is 14.1. The largest absolute Gasteiger partial charge is 0.460 e. The molecule has 4 aliphatic carbocycles. The molecule has 0 aromatic rings. The van der Waals surface area contributed by atoms with Crippen LogP contribution in [-0.4, -0.2) is 11.6 Å². The van der Waals surface area contributed by atoms with Gasteiger partial charge in [0.15, 0.2) is 0 Å². The van der Waals surface area contributed by atoms with Crippen LogP contribution in [0.2, 0.25) is 0 Å². The van der Waals surface area contributed by atoms with E-state index >= 15 is 0 Å². The van der Waals surface area contributed by atoms with Crippen molar-refractivity contribution in [3.8, 4) is 0 Å². The first kappa shape index (κ1) is 13.5. The SMILES string of the molecule is CC(C)(C)OC(=O)C12CC3CC(CC(C3)C1(C)C)C2. The molecular formula is C17H28O2. The predicted octanol–water partition coefficient (Wildman–Crippen LogP) is 4.18. The lowest BCUT2D eigenvalue weighted by atomic mass is 9.40. The van der Waals surface area contributed by atoms with Crippen molar-refractivity contribution in [3.05, 3.63) is 0 Å². The lowest BCUT2D eigenvalue weighted by Crippen LogP contribution is -2.61. The van der Waals surface area contributed by atoms with Gasteiger partial charge in [0.05, 0.1) is 5.41 Å². The molecule has 0 spiro atoms. The maximum atomic E-state index is 12.9. The van der Waals surface area contributed by atoms with Crippen LogP contribution in [-0.2, 0) is 9.53 Å². The van der Waals surface area contributed by atoms with E-state index in [1.807, 2.05) is 20.8 Å². The highest BCUT2D eigenvalue weighted by molar-refractivity contribution is 5.79. The fourth-order valence-electron chi connectivity index (χ4n) is 5.28. The van der Waals surface area contributed by atoms with Crippen molar-refractivity contribution in [1.82, 2.24) is 0 Å². The molecule has 2 heteroatoms. The van der Waals surface area contributed by atoms with E-state index in [9.17, 15) is 4.79 Å². The second kappa shape index (κ2) is 3.77. The Hall–Kier alpha value is -0.530. The molecule has 2 atom stereocenters. The van der Waals surface area contributed by atoms with Crippen molar-refractivity contribution in [3.63, 3.8) is 0 Å². The third-order valence-electron chi connectivity index (χ3n) is 6.22. The molecule has 108 valence electrons. The van der Waals surface area contributed by atoms with Gasteiger partial charge in [-0.2, -0.15) is 0 Å². The molecule has 4 bridgehead atoms. The van der Waals surface area contributed by atoms with Crippen LogP contribution in [0.3, 0.4) is 0 Å². The number of ether oxygens (including phenoxy) is 1. The monoisotopic (exact) mass is 264 g/mol. The van der Waals surface area contributed by atoms with E-state index in [0.717, 1.165) is 30.6 Å². The minimum atomic E-state index is -0.365. The van der Waals surface area contributed by atoms with E-state index in [4.69, 9.17) is 4.74 Å². The molecule has 0 N–H and O–H groups in total. The number of hydrogen-bond acceptors (Lipinski definition) is 2. The molecule has 2 unspecified atom stereocenters. The van der Waals surface area contributed by atoms with Crippen molar-refractivity contribution in [2.75, 3.05) is 0 Å². The summed E-state index contributed by atoms with van der Waals surface area (Å²) in [5.74, 6) is 2.37. The zero-order valence-electron chi connectivity index (χ0n) is 13.1. The van der Waals surface area contributed by atoms with Gasteiger partial charge < -0.3 is 4.74 Å². The molecule has 4 aliphatic rings. The average Bonchev–Trinajstić information content (AvgIpc) is 2.22. The van der Waals surface area contributed by atoms with Crippen molar-refractivity contribution < 1.29 is 9.53 Å². The van der Waals surface area contributed by atoms with Crippen LogP contribution < -0.4 is 0 Å². The zero-order valence-corrected chi connectivity index (χ0v) is 13.1. The topological polar surface area (TPSA) is 26.3 Å². The number of carbonyl (C=O) groups is 1. The summed E-state index contributed by atoms with van der Waals surface area (Å²) in [5.41, 5.74) is -0.450. The van der Waals surface area contributed by atoms with Gasteiger partial charge in [0.25, 0.3) is 0 Å². The Bertz CT molecular complexity index is 388. The first-order valence-corrected chi connectivity index (χ1v) is 7.87. The summed E-state index contributed by atoms with van der Waals surface area (Å²) >= 11 is 0. The van der Waals surface area contributed by atoms with Gasteiger partial charge in [-0.05, 0) is 76.0 Å². The van der Waals surface area contributed by atoms with E-state index in [1.54, 1.807) is 0 Å².